The van der Waals surface area contributed by atoms with Gasteiger partial charge >= 0.3 is 0 Å². The van der Waals surface area contributed by atoms with Crippen LogP contribution in [0, 0.1) is 0 Å². The molecule has 0 atom stereocenters. The second-order valence-corrected chi connectivity index (χ2v) is 12.6. The Morgan fingerprint density at radius 1 is 0.875 bits per heavy atom. The highest BCUT2D eigenvalue weighted by Crippen LogP contribution is 2.37. The molecule has 0 spiro atoms. The molecular weight excluding hydrogens is 308 g/mol. The van der Waals surface area contributed by atoms with Crippen LogP contribution in [0.1, 0.15) is 75.8 Å². The van der Waals surface area contributed by atoms with Gasteiger partial charge in [0.25, 0.3) is 0 Å². The first-order valence-electron chi connectivity index (χ1n) is 10.0. The van der Waals surface area contributed by atoms with Gasteiger partial charge in [0.05, 0.1) is 0 Å². The van der Waals surface area contributed by atoms with Crippen LogP contribution in [0.15, 0.2) is 29.8 Å². The van der Waals surface area contributed by atoms with Crippen molar-refractivity contribution in [3.8, 4) is 0 Å². The molecule has 0 fully saturated rings. The minimum atomic E-state index is -1.56. The lowest BCUT2D eigenvalue weighted by Gasteiger charge is -2.22. The smallest absolute Gasteiger partial charge is 0.242 e. The summed E-state index contributed by atoms with van der Waals surface area (Å²) in [6.07, 6.45) is 13.4. The van der Waals surface area contributed by atoms with Crippen LogP contribution in [0.5, 0.6) is 0 Å². The van der Waals surface area contributed by atoms with Crippen LogP contribution in [0.25, 0.3) is 5.76 Å². The fourth-order valence-corrected chi connectivity index (χ4v) is 4.37. The molecule has 2 rings (SSSR count). The van der Waals surface area contributed by atoms with Crippen molar-refractivity contribution in [1.82, 2.24) is 0 Å². The molecule has 0 aliphatic heterocycles. The van der Waals surface area contributed by atoms with E-state index in [1.165, 1.54) is 74.7 Å². The zero-order valence-electron chi connectivity index (χ0n) is 16.3. The average molecular weight is 345 g/mol. The summed E-state index contributed by atoms with van der Waals surface area (Å²) in [6, 6.07) is 8.81. The molecule has 0 N–H and O–H groups in total. The summed E-state index contributed by atoms with van der Waals surface area (Å²) >= 11 is 0. The van der Waals surface area contributed by atoms with Gasteiger partial charge in [-0.3, -0.25) is 0 Å². The van der Waals surface area contributed by atoms with Crippen molar-refractivity contribution in [3.05, 3.63) is 41.0 Å². The number of unbranched alkanes of at least 4 members (excludes halogenated alkanes) is 7. The minimum Gasteiger partial charge on any atom is -0.544 e. The quantitative estimate of drug-likeness (QED) is 0.301. The summed E-state index contributed by atoms with van der Waals surface area (Å²) in [5.74, 6) is 1.23. The van der Waals surface area contributed by atoms with E-state index in [9.17, 15) is 0 Å². The van der Waals surface area contributed by atoms with Gasteiger partial charge in [-0.05, 0) is 50.0 Å². The van der Waals surface area contributed by atoms with Crippen molar-refractivity contribution in [2.75, 3.05) is 0 Å². The molecule has 0 saturated heterocycles. The molecule has 1 aliphatic carbocycles. The predicted octanol–water partition coefficient (Wildman–Crippen LogP) is 7.34. The number of allylic oxidation sites excluding steroid dienone is 1. The number of fused-ring (bicyclic) bond motifs is 1. The minimum absolute atomic E-state index is 1.10. The second kappa shape index (κ2) is 9.46. The zero-order valence-corrected chi connectivity index (χ0v) is 17.3. The highest BCUT2D eigenvalue weighted by molar-refractivity contribution is 6.70. The monoisotopic (exact) mass is 344 g/mol. The van der Waals surface area contributed by atoms with Gasteiger partial charge in [0, 0.05) is 5.56 Å². The predicted molar refractivity (Wildman–Crippen MR) is 109 cm³/mol. The Kier molecular flexibility index (Phi) is 7.61. The topological polar surface area (TPSA) is 9.23 Å². The van der Waals surface area contributed by atoms with E-state index < -0.39 is 8.32 Å². The fraction of sp³-hybridized carbons (Fsp3) is 0.636. The van der Waals surface area contributed by atoms with Crippen LogP contribution in [0.2, 0.25) is 19.6 Å². The van der Waals surface area contributed by atoms with Gasteiger partial charge in [-0.2, -0.15) is 0 Å². The van der Waals surface area contributed by atoms with Crippen LogP contribution in [0.4, 0.5) is 0 Å². The van der Waals surface area contributed by atoms with Crippen molar-refractivity contribution in [2.45, 2.75) is 90.8 Å². The third-order valence-electron chi connectivity index (χ3n) is 4.73. The van der Waals surface area contributed by atoms with Crippen molar-refractivity contribution in [1.29, 1.82) is 0 Å². The highest BCUT2D eigenvalue weighted by atomic mass is 28.4. The molecule has 0 heterocycles. The van der Waals surface area contributed by atoms with E-state index in [4.69, 9.17) is 4.43 Å². The first-order chi connectivity index (χ1) is 11.5. The van der Waals surface area contributed by atoms with Gasteiger partial charge in [0.15, 0.2) is 0 Å². The Morgan fingerprint density at radius 2 is 1.50 bits per heavy atom. The standard InChI is InChI=1S/C22H36OSi/c1-5-6-7-8-9-10-11-12-16-20-18-19-15-13-14-17-21(19)22(20)23-24(2,3)4/h13-15,17H,5-12,16,18H2,1-4H3. The molecule has 0 bridgehead atoms. The van der Waals surface area contributed by atoms with Gasteiger partial charge in [0.2, 0.25) is 8.32 Å². The van der Waals surface area contributed by atoms with Crippen LogP contribution in [-0.4, -0.2) is 8.32 Å². The Labute approximate surface area is 150 Å². The molecule has 134 valence electrons. The molecule has 2 heteroatoms. The van der Waals surface area contributed by atoms with Gasteiger partial charge < -0.3 is 4.43 Å². The number of hydrogen-bond acceptors (Lipinski definition) is 1. The maximum atomic E-state index is 6.48. The van der Waals surface area contributed by atoms with E-state index >= 15 is 0 Å². The normalized spacial score (nSPS) is 14.2. The van der Waals surface area contributed by atoms with Gasteiger partial charge in [0.1, 0.15) is 5.76 Å². The number of rotatable bonds is 11. The van der Waals surface area contributed by atoms with E-state index in [0.29, 0.717) is 0 Å². The van der Waals surface area contributed by atoms with Crippen molar-refractivity contribution in [2.24, 2.45) is 0 Å². The molecule has 1 aliphatic rings. The van der Waals surface area contributed by atoms with E-state index in [-0.39, 0.29) is 0 Å². The third kappa shape index (κ3) is 6.12. The van der Waals surface area contributed by atoms with Gasteiger partial charge in [-0.1, -0.05) is 76.1 Å². The second-order valence-electron chi connectivity index (χ2n) is 8.21. The summed E-state index contributed by atoms with van der Waals surface area (Å²) in [6.45, 7) is 9.14. The SMILES string of the molecule is CCCCCCCCCCC1=C(O[Si](C)(C)C)c2ccccc2C1. The van der Waals surface area contributed by atoms with Crippen molar-refractivity contribution >= 4 is 14.1 Å². The third-order valence-corrected chi connectivity index (χ3v) is 5.54. The molecule has 0 aromatic heterocycles. The molecule has 0 amide bonds. The lowest BCUT2D eigenvalue weighted by molar-refractivity contribution is 0.507. The van der Waals surface area contributed by atoms with E-state index in [1.54, 1.807) is 5.57 Å². The molecular formula is C22H36OSi. The van der Waals surface area contributed by atoms with Gasteiger partial charge in [-0.25, -0.2) is 0 Å². The fourth-order valence-electron chi connectivity index (χ4n) is 3.50. The van der Waals surface area contributed by atoms with Gasteiger partial charge in [-0.15, -0.1) is 0 Å². The van der Waals surface area contributed by atoms with Crippen LogP contribution in [-0.2, 0) is 10.8 Å². The lowest BCUT2D eigenvalue weighted by atomic mass is 10.0. The summed E-state index contributed by atoms with van der Waals surface area (Å²) in [5, 5.41) is 0. The van der Waals surface area contributed by atoms with Crippen LogP contribution in [0.3, 0.4) is 0 Å². The molecule has 1 aromatic rings. The maximum absolute atomic E-state index is 6.48. The Morgan fingerprint density at radius 3 is 2.17 bits per heavy atom. The molecule has 24 heavy (non-hydrogen) atoms. The van der Waals surface area contributed by atoms with Crippen LogP contribution < -0.4 is 0 Å². The maximum Gasteiger partial charge on any atom is 0.242 e. The Hall–Kier alpha value is -1.02. The molecule has 0 saturated carbocycles. The Bertz CT molecular complexity index is 539. The van der Waals surface area contributed by atoms with E-state index in [2.05, 4.69) is 50.8 Å². The molecule has 1 aromatic carbocycles. The zero-order chi connectivity index (χ0) is 17.4. The number of benzene rings is 1. The highest BCUT2D eigenvalue weighted by Gasteiger charge is 2.27. The molecule has 1 nitrogen and oxygen atoms in total. The van der Waals surface area contributed by atoms with Crippen molar-refractivity contribution < 1.29 is 4.43 Å². The lowest BCUT2D eigenvalue weighted by Crippen LogP contribution is -2.24. The first-order valence-corrected chi connectivity index (χ1v) is 13.4. The van der Waals surface area contributed by atoms with Crippen LogP contribution >= 0.6 is 0 Å². The molecule has 0 radical (unpaired) electrons. The summed E-state index contributed by atoms with van der Waals surface area (Å²) in [4.78, 5) is 0. The van der Waals surface area contributed by atoms with E-state index in [0.717, 1.165) is 6.42 Å². The number of hydrogen-bond donors (Lipinski definition) is 0. The summed E-state index contributed by atoms with van der Waals surface area (Å²) < 4.78 is 6.48. The summed E-state index contributed by atoms with van der Waals surface area (Å²) in [5.41, 5.74) is 4.36. The largest absolute Gasteiger partial charge is 0.544 e. The van der Waals surface area contributed by atoms with Crippen molar-refractivity contribution in [3.63, 3.8) is 0 Å². The van der Waals surface area contributed by atoms with E-state index in [1.807, 2.05) is 0 Å². The summed E-state index contributed by atoms with van der Waals surface area (Å²) in [7, 11) is -1.56. The molecule has 0 unspecified atom stereocenters. The Balaban J connectivity index is 1.84. The average Bonchev–Trinajstić information content (AvgIpc) is 2.86. The first kappa shape index (κ1) is 19.3.